The summed E-state index contributed by atoms with van der Waals surface area (Å²) in [5.74, 6) is -0.297. The molecule has 3 aliphatic rings. The Balaban J connectivity index is 1.39. The molecule has 2 aromatic rings. The average molecular weight is 575 g/mol. The van der Waals surface area contributed by atoms with Crippen LogP contribution in [-0.2, 0) is 34.8 Å². The van der Waals surface area contributed by atoms with Crippen molar-refractivity contribution >= 4 is 25.8 Å². The monoisotopic (exact) mass is 574 g/mol. The molecule has 0 amide bonds. The number of fused-ring (bicyclic) bond motifs is 4. The molecule has 5 rings (SSSR count). The molecule has 0 radical (unpaired) electrons. The van der Waals surface area contributed by atoms with Crippen LogP contribution in [0.1, 0.15) is 76.0 Å². The Labute approximate surface area is 232 Å². The van der Waals surface area contributed by atoms with E-state index < -0.39 is 30.9 Å². The van der Waals surface area contributed by atoms with E-state index in [4.69, 9.17) is 4.74 Å². The zero-order valence-electron chi connectivity index (χ0n) is 23.1. The molecular formula is C29H38N2O6S2. The maximum Gasteiger partial charge on any atom is 0.320 e. The van der Waals surface area contributed by atoms with Gasteiger partial charge in [0.2, 0.25) is 19.9 Å². The largest absolute Gasteiger partial charge is 0.459 e. The first-order chi connectivity index (χ1) is 18.2. The lowest BCUT2D eigenvalue weighted by molar-refractivity contribution is -0.156. The molecule has 1 saturated carbocycles. The minimum Gasteiger partial charge on any atom is -0.459 e. The second-order valence-corrected chi connectivity index (χ2v) is 15.7. The van der Waals surface area contributed by atoms with Crippen molar-refractivity contribution in [1.82, 2.24) is 9.62 Å². The molecule has 0 aromatic heterocycles. The molecule has 1 N–H and O–H groups in total. The first-order valence-electron chi connectivity index (χ1n) is 13.7. The number of benzene rings is 2. The molecule has 2 aromatic carbocycles. The van der Waals surface area contributed by atoms with E-state index in [1.807, 2.05) is 37.8 Å². The highest BCUT2D eigenvalue weighted by atomic mass is 32.2. The molecule has 1 saturated heterocycles. The molecule has 39 heavy (non-hydrogen) atoms. The van der Waals surface area contributed by atoms with Crippen LogP contribution >= 0.6 is 0 Å². The normalized spacial score (nSPS) is 20.9. The van der Waals surface area contributed by atoms with Gasteiger partial charge in [-0.3, -0.25) is 9.69 Å². The fourth-order valence-corrected chi connectivity index (χ4v) is 9.98. The van der Waals surface area contributed by atoms with Crippen LogP contribution in [0.5, 0.6) is 0 Å². The van der Waals surface area contributed by atoms with Crippen molar-refractivity contribution in [3.63, 3.8) is 0 Å². The Bertz CT molecular complexity index is 1490. The highest BCUT2D eigenvalue weighted by Crippen LogP contribution is 2.54. The standard InChI is InChI=1S/C29H38N2O6S2/c1-20-17-23-26(38(33,34)24-10-6-5-9-22(24)29(23)13-7-8-14-29)18-25(20)39(35,36)30-21-11-15-31(16-12-21)19-27(32)37-28(2,3)4/h5-6,9-10,17-18,21,30H,7-8,11-16,19H2,1-4H3. The van der Waals surface area contributed by atoms with E-state index in [1.165, 1.54) is 6.07 Å². The molecule has 0 atom stereocenters. The highest BCUT2D eigenvalue weighted by molar-refractivity contribution is 7.92. The fourth-order valence-electron chi connectivity index (χ4n) is 6.48. The number of hydrogen-bond acceptors (Lipinski definition) is 7. The molecule has 1 spiro atoms. The van der Waals surface area contributed by atoms with Crippen LogP contribution in [0.4, 0.5) is 0 Å². The number of ether oxygens (including phenoxy) is 1. The molecule has 212 valence electrons. The Morgan fingerprint density at radius 1 is 1.05 bits per heavy atom. The van der Waals surface area contributed by atoms with E-state index in [1.54, 1.807) is 25.1 Å². The predicted molar refractivity (Wildman–Crippen MR) is 148 cm³/mol. The number of nitrogens with zero attached hydrogens (tertiary/aromatic N) is 1. The van der Waals surface area contributed by atoms with Crippen LogP contribution in [0, 0.1) is 6.92 Å². The number of carbonyl (C=O) groups excluding carboxylic acids is 1. The van der Waals surface area contributed by atoms with E-state index >= 15 is 0 Å². The molecule has 0 bridgehead atoms. The maximum absolute atomic E-state index is 13.8. The SMILES string of the molecule is Cc1cc2c(cc1S(=O)(=O)NC1CCN(CC(=O)OC(C)(C)C)CC1)S(=O)(=O)c1ccccc1C21CCCC1. The number of piperidine rings is 1. The minimum atomic E-state index is -3.98. The van der Waals surface area contributed by atoms with Crippen molar-refractivity contribution in [2.75, 3.05) is 19.6 Å². The van der Waals surface area contributed by atoms with Gasteiger partial charge in [0.15, 0.2) is 0 Å². The van der Waals surface area contributed by atoms with Gasteiger partial charge in [0.05, 0.1) is 21.2 Å². The van der Waals surface area contributed by atoms with Gasteiger partial charge in [0.1, 0.15) is 5.60 Å². The Morgan fingerprint density at radius 2 is 1.69 bits per heavy atom. The lowest BCUT2D eigenvalue weighted by Crippen LogP contribution is -2.46. The predicted octanol–water partition coefficient (Wildman–Crippen LogP) is 4.09. The Morgan fingerprint density at radius 3 is 2.33 bits per heavy atom. The van der Waals surface area contributed by atoms with Crippen molar-refractivity contribution in [2.24, 2.45) is 0 Å². The van der Waals surface area contributed by atoms with Crippen molar-refractivity contribution in [3.8, 4) is 0 Å². The van der Waals surface area contributed by atoms with Crippen LogP contribution in [0.15, 0.2) is 51.1 Å². The quantitative estimate of drug-likeness (QED) is 0.536. The van der Waals surface area contributed by atoms with E-state index in [0.29, 0.717) is 31.5 Å². The molecular weight excluding hydrogens is 536 g/mol. The summed E-state index contributed by atoms with van der Waals surface area (Å²) in [6.07, 6.45) is 4.78. The summed E-state index contributed by atoms with van der Waals surface area (Å²) in [7, 11) is -7.85. The van der Waals surface area contributed by atoms with Gasteiger partial charge in [0, 0.05) is 24.5 Å². The molecule has 1 aliphatic carbocycles. The van der Waals surface area contributed by atoms with Crippen LogP contribution in [0.2, 0.25) is 0 Å². The third kappa shape index (κ3) is 5.28. The number of sulfonamides is 1. The van der Waals surface area contributed by atoms with Crippen molar-refractivity contribution in [1.29, 1.82) is 0 Å². The van der Waals surface area contributed by atoms with Gasteiger partial charge >= 0.3 is 5.97 Å². The number of esters is 1. The third-order valence-corrected chi connectivity index (χ3v) is 11.7. The zero-order valence-corrected chi connectivity index (χ0v) is 24.8. The Hall–Kier alpha value is -2.27. The molecule has 2 heterocycles. The number of rotatable bonds is 5. The van der Waals surface area contributed by atoms with Gasteiger partial charge in [0.25, 0.3) is 0 Å². The number of aryl methyl sites for hydroxylation is 1. The van der Waals surface area contributed by atoms with Gasteiger partial charge in [-0.05, 0) is 82.2 Å². The number of likely N-dealkylation sites (tertiary alicyclic amines) is 1. The number of sulfone groups is 1. The van der Waals surface area contributed by atoms with E-state index in [-0.39, 0.29) is 33.2 Å². The number of hydrogen-bond donors (Lipinski definition) is 1. The summed E-state index contributed by atoms with van der Waals surface area (Å²) in [6, 6.07) is 10.0. The third-order valence-electron chi connectivity index (χ3n) is 8.20. The van der Waals surface area contributed by atoms with Gasteiger partial charge in [-0.1, -0.05) is 37.1 Å². The maximum atomic E-state index is 13.8. The zero-order chi connectivity index (χ0) is 28.2. The van der Waals surface area contributed by atoms with Crippen LogP contribution < -0.4 is 4.72 Å². The molecule has 0 unspecified atom stereocenters. The van der Waals surface area contributed by atoms with Gasteiger partial charge in [-0.2, -0.15) is 0 Å². The van der Waals surface area contributed by atoms with Crippen LogP contribution in [-0.4, -0.2) is 59.0 Å². The van der Waals surface area contributed by atoms with Crippen molar-refractivity contribution in [2.45, 2.75) is 98.0 Å². The van der Waals surface area contributed by atoms with E-state index in [2.05, 4.69) is 4.72 Å². The molecule has 8 nitrogen and oxygen atoms in total. The number of nitrogens with one attached hydrogen (secondary N) is 1. The second kappa shape index (κ2) is 9.98. The summed E-state index contributed by atoms with van der Waals surface area (Å²) < 4.78 is 62.9. The van der Waals surface area contributed by atoms with Crippen LogP contribution in [0.3, 0.4) is 0 Å². The topological polar surface area (TPSA) is 110 Å². The van der Waals surface area contributed by atoms with E-state index in [9.17, 15) is 21.6 Å². The van der Waals surface area contributed by atoms with Gasteiger partial charge in [-0.15, -0.1) is 0 Å². The average Bonchev–Trinajstić information content (AvgIpc) is 3.33. The van der Waals surface area contributed by atoms with E-state index in [0.717, 1.165) is 36.8 Å². The first kappa shape index (κ1) is 28.3. The highest BCUT2D eigenvalue weighted by Gasteiger charge is 2.48. The lowest BCUT2D eigenvalue weighted by Gasteiger charge is -2.38. The summed E-state index contributed by atoms with van der Waals surface area (Å²) in [4.78, 5) is 14.6. The summed E-state index contributed by atoms with van der Waals surface area (Å²) in [5, 5.41) is 0. The first-order valence-corrected chi connectivity index (χ1v) is 16.7. The lowest BCUT2D eigenvalue weighted by atomic mass is 9.72. The summed E-state index contributed by atoms with van der Waals surface area (Å²) >= 11 is 0. The fraction of sp³-hybridized carbons (Fsp3) is 0.552. The number of carbonyl (C=O) groups is 1. The Kier molecular flexibility index (Phi) is 7.23. The second-order valence-electron chi connectivity index (χ2n) is 12.2. The molecule has 10 heteroatoms. The smallest absolute Gasteiger partial charge is 0.320 e. The summed E-state index contributed by atoms with van der Waals surface area (Å²) in [5.41, 5.74) is 1.15. The van der Waals surface area contributed by atoms with Gasteiger partial charge < -0.3 is 4.74 Å². The van der Waals surface area contributed by atoms with Crippen LogP contribution in [0.25, 0.3) is 0 Å². The van der Waals surface area contributed by atoms with Gasteiger partial charge in [-0.25, -0.2) is 21.6 Å². The molecule has 2 fully saturated rings. The molecule has 2 aliphatic heterocycles. The summed E-state index contributed by atoms with van der Waals surface area (Å²) in [6.45, 7) is 8.51. The van der Waals surface area contributed by atoms with Crippen molar-refractivity contribution in [3.05, 3.63) is 53.1 Å². The van der Waals surface area contributed by atoms with Crippen molar-refractivity contribution < 1.29 is 26.4 Å². The minimum absolute atomic E-state index is 0.00791.